The summed E-state index contributed by atoms with van der Waals surface area (Å²) in [5.74, 6) is 1.03. The molecule has 0 aliphatic heterocycles. The molecule has 1 aromatic heterocycles. The maximum atomic E-state index is 5.21. The number of anilines is 1. The summed E-state index contributed by atoms with van der Waals surface area (Å²) < 4.78 is 9.47. The smallest absolute Gasteiger partial charge is 0.193 e. The highest BCUT2D eigenvalue weighted by Gasteiger charge is 1.92. The Kier molecular flexibility index (Phi) is 1.12. The Morgan fingerprint density at radius 2 is 2.50 bits per heavy atom. The summed E-state index contributed by atoms with van der Waals surface area (Å²) in [6.07, 6.45) is 1.45. The lowest BCUT2D eigenvalue weighted by atomic mass is 10.6. The van der Waals surface area contributed by atoms with Gasteiger partial charge in [0, 0.05) is 6.07 Å². The second kappa shape index (κ2) is 1.78. The normalized spacial score (nSPS) is 9.12. The fourth-order valence-corrected chi connectivity index (χ4v) is 0.441. The molecule has 0 saturated carbocycles. The summed E-state index contributed by atoms with van der Waals surface area (Å²) in [6.45, 7) is 0. The Morgan fingerprint density at radius 3 is 2.75 bits per heavy atom. The van der Waals surface area contributed by atoms with Crippen LogP contribution in [0.25, 0.3) is 0 Å². The molecule has 0 atom stereocenters. The van der Waals surface area contributed by atoms with Gasteiger partial charge in [-0.2, -0.15) is 0 Å². The lowest BCUT2D eigenvalue weighted by Gasteiger charge is -1.85. The molecular weight excluding hydrogens is 106 g/mol. The van der Waals surface area contributed by atoms with Crippen molar-refractivity contribution in [2.75, 3.05) is 12.8 Å². The van der Waals surface area contributed by atoms with E-state index in [9.17, 15) is 0 Å². The maximum Gasteiger partial charge on any atom is 0.193 e. The van der Waals surface area contributed by atoms with E-state index in [1.54, 1.807) is 13.2 Å². The highest BCUT2D eigenvalue weighted by Crippen LogP contribution is 2.15. The number of furan rings is 1. The van der Waals surface area contributed by atoms with Crippen molar-refractivity contribution < 1.29 is 9.15 Å². The number of rotatable bonds is 1. The lowest BCUT2D eigenvalue weighted by Crippen LogP contribution is -1.78. The number of ether oxygens (including phenoxy) is 1. The fourth-order valence-electron chi connectivity index (χ4n) is 0.441. The first kappa shape index (κ1) is 5.03. The van der Waals surface area contributed by atoms with Crippen molar-refractivity contribution in [2.24, 2.45) is 0 Å². The molecule has 0 spiro atoms. The second-order valence-electron chi connectivity index (χ2n) is 1.39. The Morgan fingerprint density at radius 1 is 1.75 bits per heavy atom. The Balaban J connectivity index is 2.84. The van der Waals surface area contributed by atoms with Gasteiger partial charge in [0.25, 0.3) is 0 Å². The van der Waals surface area contributed by atoms with Gasteiger partial charge in [0.1, 0.15) is 6.26 Å². The van der Waals surface area contributed by atoms with Crippen LogP contribution in [0.3, 0.4) is 0 Å². The minimum atomic E-state index is 0.377. The molecule has 2 N–H and O–H groups in total. The minimum absolute atomic E-state index is 0.377. The van der Waals surface area contributed by atoms with E-state index in [4.69, 9.17) is 14.9 Å². The van der Waals surface area contributed by atoms with Gasteiger partial charge in [-0.15, -0.1) is 0 Å². The highest BCUT2D eigenvalue weighted by atomic mass is 16.5. The number of nitrogens with two attached hydrogens (primary N) is 1. The molecule has 1 rings (SSSR count). The summed E-state index contributed by atoms with van der Waals surface area (Å²) in [4.78, 5) is 0. The lowest BCUT2D eigenvalue weighted by molar-refractivity contribution is 0.406. The van der Waals surface area contributed by atoms with Gasteiger partial charge in [-0.1, -0.05) is 0 Å². The van der Waals surface area contributed by atoms with Crippen molar-refractivity contribution in [1.82, 2.24) is 0 Å². The van der Waals surface area contributed by atoms with Crippen LogP contribution >= 0.6 is 0 Å². The molecule has 3 heteroatoms. The zero-order valence-corrected chi connectivity index (χ0v) is 4.55. The molecule has 0 aliphatic rings. The Labute approximate surface area is 47.0 Å². The molecule has 0 radical (unpaired) electrons. The third-order valence-corrected chi connectivity index (χ3v) is 0.831. The molecule has 0 unspecified atom stereocenters. The van der Waals surface area contributed by atoms with Gasteiger partial charge in [-0.05, 0) is 0 Å². The van der Waals surface area contributed by atoms with Crippen LogP contribution in [0, 0.1) is 0 Å². The van der Waals surface area contributed by atoms with E-state index >= 15 is 0 Å². The molecule has 0 aliphatic carbocycles. The zero-order valence-electron chi connectivity index (χ0n) is 4.55. The molecule has 8 heavy (non-hydrogen) atoms. The molecule has 0 fully saturated rings. The van der Waals surface area contributed by atoms with Gasteiger partial charge in [0.05, 0.1) is 7.11 Å². The first-order chi connectivity index (χ1) is 3.83. The number of methoxy groups -OCH3 is 1. The zero-order chi connectivity index (χ0) is 5.98. The van der Waals surface area contributed by atoms with Crippen LogP contribution in [0.5, 0.6) is 5.75 Å². The predicted octanol–water partition coefficient (Wildman–Crippen LogP) is 0.870. The van der Waals surface area contributed by atoms with Gasteiger partial charge in [-0.3, -0.25) is 0 Å². The summed E-state index contributed by atoms with van der Waals surface area (Å²) in [6, 6.07) is 1.61. The van der Waals surface area contributed by atoms with E-state index in [-0.39, 0.29) is 0 Å². The topological polar surface area (TPSA) is 48.4 Å². The van der Waals surface area contributed by atoms with E-state index in [0.717, 1.165) is 0 Å². The van der Waals surface area contributed by atoms with Gasteiger partial charge in [0.15, 0.2) is 11.6 Å². The van der Waals surface area contributed by atoms with Crippen LogP contribution < -0.4 is 10.5 Å². The molecule has 3 nitrogen and oxygen atoms in total. The van der Waals surface area contributed by atoms with Crippen LogP contribution in [0.1, 0.15) is 0 Å². The quantitative estimate of drug-likeness (QED) is 0.587. The van der Waals surface area contributed by atoms with E-state index in [1.807, 2.05) is 0 Å². The van der Waals surface area contributed by atoms with Crippen LogP contribution in [0.4, 0.5) is 5.88 Å². The molecule has 0 saturated heterocycles. The molecule has 0 aromatic carbocycles. The third kappa shape index (κ3) is 0.753. The van der Waals surface area contributed by atoms with Gasteiger partial charge in [-0.25, -0.2) is 0 Å². The standard InChI is InChI=1S/C5H7NO2/c1-7-4-2-5(6)8-3-4/h2-3H,6H2,1H3. The first-order valence-corrected chi connectivity index (χ1v) is 2.21. The summed E-state index contributed by atoms with van der Waals surface area (Å²) >= 11 is 0. The third-order valence-electron chi connectivity index (χ3n) is 0.831. The Hall–Kier alpha value is -1.12. The van der Waals surface area contributed by atoms with E-state index in [0.29, 0.717) is 11.6 Å². The van der Waals surface area contributed by atoms with E-state index in [2.05, 4.69) is 0 Å². The molecule has 44 valence electrons. The van der Waals surface area contributed by atoms with Crippen LogP contribution in [0.2, 0.25) is 0 Å². The largest absolute Gasteiger partial charge is 0.493 e. The number of hydrogen-bond donors (Lipinski definition) is 1. The number of nitrogen functional groups attached to an aromatic ring is 1. The van der Waals surface area contributed by atoms with Gasteiger partial charge < -0.3 is 14.9 Å². The van der Waals surface area contributed by atoms with Gasteiger partial charge in [0.2, 0.25) is 0 Å². The van der Waals surface area contributed by atoms with Crippen molar-refractivity contribution in [2.45, 2.75) is 0 Å². The SMILES string of the molecule is COc1coc(N)c1. The molecule has 0 amide bonds. The Bertz CT molecular complexity index is 171. The van der Waals surface area contributed by atoms with Crippen molar-refractivity contribution in [1.29, 1.82) is 0 Å². The van der Waals surface area contributed by atoms with E-state index < -0.39 is 0 Å². The summed E-state index contributed by atoms with van der Waals surface area (Å²) in [7, 11) is 1.56. The minimum Gasteiger partial charge on any atom is -0.493 e. The summed E-state index contributed by atoms with van der Waals surface area (Å²) in [5, 5.41) is 0. The van der Waals surface area contributed by atoms with Crippen LogP contribution in [-0.2, 0) is 0 Å². The van der Waals surface area contributed by atoms with Gasteiger partial charge >= 0.3 is 0 Å². The van der Waals surface area contributed by atoms with Crippen molar-refractivity contribution >= 4 is 5.88 Å². The van der Waals surface area contributed by atoms with Crippen molar-refractivity contribution in [3.8, 4) is 5.75 Å². The maximum absolute atomic E-state index is 5.21. The van der Waals surface area contributed by atoms with Crippen molar-refractivity contribution in [3.05, 3.63) is 12.3 Å². The number of hydrogen-bond acceptors (Lipinski definition) is 3. The summed E-state index contributed by atoms with van der Waals surface area (Å²) in [5.41, 5.74) is 5.21. The molecular formula is C5H7NO2. The molecule has 0 bridgehead atoms. The molecule has 1 heterocycles. The average Bonchev–Trinajstić information content (AvgIpc) is 2.14. The first-order valence-electron chi connectivity index (χ1n) is 2.21. The van der Waals surface area contributed by atoms with E-state index in [1.165, 1.54) is 6.26 Å². The highest BCUT2D eigenvalue weighted by molar-refractivity contribution is 5.32. The van der Waals surface area contributed by atoms with Crippen molar-refractivity contribution in [3.63, 3.8) is 0 Å². The monoisotopic (exact) mass is 113 g/mol. The second-order valence-corrected chi connectivity index (χ2v) is 1.39. The fraction of sp³-hybridized carbons (Fsp3) is 0.200. The predicted molar refractivity (Wildman–Crippen MR) is 29.7 cm³/mol. The van der Waals surface area contributed by atoms with Crippen LogP contribution in [0.15, 0.2) is 16.7 Å². The average molecular weight is 113 g/mol. The van der Waals surface area contributed by atoms with Crippen LogP contribution in [-0.4, -0.2) is 7.11 Å². The molecule has 1 aromatic rings.